The highest BCUT2D eigenvalue weighted by molar-refractivity contribution is 9.10. The molecule has 1 aromatic heterocycles. The first kappa shape index (κ1) is 14.5. The van der Waals surface area contributed by atoms with Crippen LogP contribution in [0.2, 0.25) is 0 Å². The van der Waals surface area contributed by atoms with Crippen molar-refractivity contribution in [3.63, 3.8) is 0 Å². The van der Waals surface area contributed by atoms with Crippen LogP contribution in [-0.4, -0.2) is 5.91 Å². The van der Waals surface area contributed by atoms with Crippen molar-refractivity contribution in [3.8, 4) is 5.75 Å². The van der Waals surface area contributed by atoms with Crippen LogP contribution in [-0.2, 0) is 6.61 Å². The number of benzene rings is 1. The predicted octanol–water partition coefficient (Wildman–Crippen LogP) is 2.67. The van der Waals surface area contributed by atoms with Crippen LogP contribution in [0.15, 0.2) is 33.2 Å². The number of halogens is 2. The summed E-state index contributed by atoms with van der Waals surface area (Å²) >= 11 is 3.26. The summed E-state index contributed by atoms with van der Waals surface area (Å²) in [6.07, 6.45) is 0. The second kappa shape index (κ2) is 6.06. The second-order valence-electron chi connectivity index (χ2n) is 4.02. The fourth-order valence-electron chi connectivity index (χ4n) is 1.65. The Kier molecular flexibility index (Phi) is 4.41. The van der Waals surface area contributed by atoms with Crippen LogP contribution >= 0.6 is 15.9 Å². The van der Waals surface area contributed by atoms with E-state index >= 15 is 0 Å². The number of nitrogens with two attached hydrogens (primary N) is 1. The van der Waals surface area contributed by atoms with E-state index in [1.807, 2.05) is 5.43 Å². The normalized spacial score (nSPS) is 10.4. The van der Waals surface area contributed by atoms with Crippen LogP contribution in [0.25, 0.3) is 0 Å². The Balaban J connectivity index is 2.11. The van der Waals surface area contributed by atoms with Crippen LogP contribution < -0.4 is 16.0 Å². The molecule has 0 aliphatic heterocycles. The highest BCUT2D eigenvalue weighted by atomic mass is 79.9. The molecule has 0 bridgehead atoms. The number of carbonyl (C=O) groups excluding carboxylic acids is 1. The summed E-state index contributed by atoms with van der Waals surface area (Å²) in [5.74, 6) is 5.45. The molecular formula is C13H12BrFN2O3. The number of nitrogen functional groups attached to an aromatic ring is 1. The number of ether oxygens (including phenoxy) is 1. The third kappa shape index (κ3) is 3.17. The van der Waals surface area contributed by atoms with Gasteiger partial charge in [-0.3, -0.25) is 10.2 Å². The van der Waals surface area contributed by atoms with Gasteiger partial charge in [-0.25, -0.2) is 10.2 Å². The lowest BCUT2D eigenvalue weighted by atomic mass is 10.2. The number of hydrogen-bond acceptors (Lipinski definition) is 4. The number of hydrazine groups is 1. The van der Waals surface area contributed by atoms with Crippen molar-refractivity contribution >= 4 is 21.8 Å². The zero-order valence-electron chi connectivity index (χ0n) is 10.6. The van der Waals surface area contributed by atoms with Gasteiger partial charge in [0.25, 0.3) is 5.91 Å². The molecule has 20 heavy (non-hydrogen) atoms. The first-order valence-electron chi connectivity index (χ1n) is 5.69. The fraction of sp³-hybridized carbons (Fsp3) is 0.154. The molecule has 1 amide bonds. The van der Waals surface area contributed by atoms with Gasteiger partial charge < -0.3 is 9.15 Å². The van der Waals surface area contributed by atoms with E-state index in [2.05, 4.69) is 15.9 Å². The number of carbonyl (C=O) groups is 1. The summed E-state index contributed by atoms with van der Waals surface area (Å²) in [6.45, 7) is 1.72. The van der Waals surface area contributed by atoms with E-state index in [1.165, 1.54) is 18.2 Å². The van der Waals surface area contributed by atoms with Gasteiger partial charge in [-0.15, -0.1) is 0 Å². The Bertz CT molecular complexity index is 643. The molecule has 0 aliphatic rings. The van der Waals surface area contributed by atoms with Crippen molar-refractivity contribution in [2.24, 2.45) is 5.84 Å². The van der Waals surface area contributed by atoms with Crippen LogP contribution in [0.5, 0.6) is 5.75 Å². The van der Waals surface area contributed by atoms with Gasteiger partial charge in [-0.05, 0) is 41.1 Å². The van der Waals surface area contributed by atoms with Crippen LogP contribution in [0, 0.1) is 12.7 Å². The minimum absolute atomic E-state index is 0.0702. The van der Waals surface area contributed by atoms with E-state index in [0.717, 1.165) is 0 Å². The Morgan fingerprint density at radius 1 is 1.50 bits per heavy atom. The summed E-state index contributed by atoms with van der Waals surface area (Å²) in [5.41, 5.74) is 2.37. The van der Waals surface area contributed by atoms with Crippen molar-refractivity contribution < 1.29 is 18.3 Å². The number of aryl methyl sites for hydroxylation is 1. The van der Waals surface area contributed by atoms with Crippen LogP contribution in [0.4, 0.5) is 4.39 Å². The van der Waals surface area contributed by atoms with E-state index in [4.69, 9.17) is 15.0 Å². The molecule has 2 aromatic rings. The molecule has 0 unspecified atom stereocenters. The highest BCUT2D eigenvalue weighted by Gasteiger charge is 2.14. The summed E-state index contributed by atoms with van der Waals surface area (Å²) in [6, 6.07) is 5.65. The summed E-state index contributed by atoms with van der Waals surface area (Å²) in [7, 11) is 0. The van der Waals surface area contributed by atoms with Gasteiger partial charge >= 0.3 is 0 Å². The molecule has 5 nitrogen and oxygen atoms in total. The summed E-state index contributed by atoms with van der Waals surface area (Å²) < 4.78 is 24.5. The average molecular weight is 343 g/mol. The van der Waals surface area contributed by atoms with E-state index in [9.17, 15) is 9.18 Å². The maximum Gasteiger partial charge on any atom is 0.268 e. The molecule has 106 valence electrons. The van der Waals surface area contributed by atoms with Gasteiger partial charge in [-0.2, -0.15) is 0 Å². The third-order valence-electron chi connectivity index (χ3n) is 2.61. The molecule has 0 saturated carbocycles. The number of amides is 1. The SMILES string of the molecule is Cc1oc(COc2cc(F)ccc2Br)cc1C(=O)NN. The van der Waals surface area contributed by atoms with Gasteiger partial charge in [0.2, 0.25) is 0 Å². The standard InChI is InChI=1S/C13H12BrFN2O3/c1-7-10(13(18)17-16)5-9(20-7)6-19-12-4-8(15)2-3-11(12)14/h2-5H,6,16H2,1H3,(H,17,18). The topological polar surface area (TPSA) is 77.5 Å². The van der Waals surface area contributed by atoms with Crippen LogP contribution in [0.1, 0.15) is 21.9 Å². The quantitative estimate of drug-likeness (QED) is 0.508. The summed E-state index contributed by atoms with van der Waals surface area (Å²) in [4.78, 5) is 11.4. The minimum atomic E-state index is -0.440. The van der Waals surface area contributed by atoms with Crippen molar-refractivity contribution in [3.05, 3.63) is 51.6 Å². The maximum absolute atomic E-state index is 13.1. The molecule has 0 saturated heterocycles. The first-order valence-corrected chi connectivity index (χ1v) is 6.48. The molecule has 1 heterocycles. The Labute approximate surface area is 123 Å². The second-order valence-corrected chi connectivity index (χ2v) is 4.87. The zero-order chi connectivity index (χ0) is 14.7. The minimum Gasteiger partial charge on any atom is -0.484 e. The first-order chi connectivity index (χ1) is 9.51. The zero-order valence-corrected chi connectivity index (χ0v) is 12.2. The van der Waals surface area contributed by atoms with Gasteiger partial charge in [0.15, 0.2) is 0 Å². The molecule has 1 aromatic carbocycles. The van der Waals surface area contributed by atoms with E-state index in [1.54, 1.807) is 13.0 Å². The number of rotatable bonds is 4. The Hall–Kier alpha value is -1.86. The van der Waals surface area contributed by atoms with Gasteiger partial charge in [0, 0.05) is 6.07 Å². The van der Waals surface area contributed by atoms with Crippen molar-refractivity contribution in [2.45, 2.75) is 13.5 Å². The monoisotopic (exact) mass is 342 g/mol. The highest BCUT2D eigenvalue weighted by Crippen LogP contribution is 2.26. The number of furan rings is 1. The predicted molar refractivity (Wildman–Crippen MR) is 73.5 cm³/mol. The molecule has 7 heteroatoms. The molecular weight excluding hydrogens is 331 g/mol. The van der Waals surface area contributed by atoms with E-state index in [-0.39, 0.29) is 6.61 Å². The lowest BCUT2D eigenvalue weighted by Crippen LogP contribution is -2.30. The molecule has 0 aliphatic carbocycles. The lowest BCUT2D eigenvalue weighted by molar-refractivity contribution is 0.0952. The van der Waals surface area contributed by atoms with Crippen molar-refractivity contribution in [2.75, 3.05) is 0 Å². The smallest absolute Gasteiger partial charge is 0.268 e. The molecule has 3 N–H and O–H groups in total. The van der Waals surface area contributed by atoms with E-state index in [0.29, 0.717) is 27.3 Å². The summed E-state index contributed by atoms with van der Waals surface area (Å²) in [5, 5.41) is 0. The molecule has 0 atom stereocenters. The largest absolute Gasteiger partial charge is 0.484 e. The molecule has 0 fully saturated rings. The number of nitrogens with one attached hydrogen (secondary N) is 1. The van der Waals surface area contributed by atoms with Crippen molar-refractivity contribution in [1.82, 2.24) is 5.43 Å². The molecule has 2 rings (SSSR count). The third-order valence-corrected chi connectivity index (χ3v) is 3.26. The van der Waals surface area contributed by atoms with E-state index < -0.39 is 11.7 Å². The fourth-order valence-corrected chi connectivity index (χ4v) is 2.02. The van der Waals surface area contributed by atoms with Gasteiger partial charge in [0.1, 0.15) is 29.7 Å². The maximum atomic E-state index is 13.1. The molecule has 0 spiro atoms. The lowest BCUT2D eigenvalue weighted by Gasteiger charge is -2.06. The van der Waals surface area contributed by atoms with Crippen molar-refractivity contribution in [1.29, 1.82) is 0 Å². The van der Waals surface area contributed by atoms with Gasteiger partial charge in [0.05, 0.1) is 10.0 Å². The number of hydrogen-bond donors (Lipinski definition) is 2. The Morgan fingerprint density at radius 2 is 2.25 bits per heavy atom. The molecule has 0 radical (unpaired) electrons. The Morgan fingerprint density at radius 3 is 2.95 bits per heavy atom. The average Bonchev–Trinajstić information content (AvgIpc) is 2.80. The van der Waals surface area contributed by atoms with Crippen LogP contribution in [0.3, 0.4) is 0 Å². The van der Waals surface area contributed by atoms with Gasteiger partial charge in [-0.1, -0.05) is 0 Å².